The summed E-state index contributed by atoms with van der Waals surface area (Å²) in [5, 5.41) is -0.198. The van der Waals surface area contributed by atoms with Gasteiger partial charge in [-0.2, -0.15) is 13.2 Å². The van der Waals surface area contributed by atoms with Crippen molar-refractivity contribution in [2.75, 3.05) is 4.72 Å². The summed E-state index contributed by atoms with van der Waals surface area (Å²) in [6.07, 6.45) is -4.66. The number of alkyl halides is 3. The van der Waals surface area contributed by atoms with Gasteiger partial charge in [-0.3, -0.25) is 9.29 Å². The molecule has 0 saturated heterocycles. The molecule has 1 N–H and O–H groups in total. The molecule has 3 aromatic rings. The minimum atomic E-state index is -4.66. The van der Waals surface area contributed by atoms with E-state index in [2.05, 4.69) is 4.72 Å². The number of rotatable bonds is 3. The quantitative estimate of drug-likeness (QED) is 0.696. The molecule has 1 aromatic heterocycles. The summed E-state index contributed by atoms with van der Waals surface area (Å²) in [5.74, 6) is -0.673. The fourth-order valence-electron chi connectivity index (χ4n) is 2.53. The van der Waals surface area contributed by atoms with Crippen LogP contribution in [0.1, 0.15) is 11.1 Å². The number of benzene rings is 2. The lowest BCUT2D eigenvalue weighted by atomic mass is 10.2. The lowest BCUT2D eigenvalue weighted by molar-refractivity contribution is -0.137. The number of hydrogen-bond acceptors (Lipinski definition) is 4. The maximum absolute atomic E-state index is 12.9. The lowest BCUT2D eigenvalue weighted by Crippen LogP contribution is -2.15. The smallest absolute Gasteiger partial charge is 0.408 e. The van der Waals surface area contributed by atoms with Gasteiger partial charge in [0.15, 0.2) is 5.58 Å². The van der Waals surface area contributed by atoms with E-state index in [0.717, 1.165) is 18.2 Å². The normalized spacial score (nSPS) is 12.5. The molecule has 2 aromatic carbocycles. The van der Waals surface area contributed by atoms with Crippen LogP contribution in [0.25, 0.3) is 11.1 Å². The maximum atomic E-state index is 12.9. The molecule has 0 radical (unpaired) electrons. The molecule has 0 fully saturated rings. The molecule has 3 rings (SSSR count). The van der Waals surface area contributed by atoms with E-state index < -0.39 is 33.2 Å². The Kier molecular flexibility index (Phi) is 4.51. The highest BCUT2D eigenvalue weighted by Crippen LogP contribution is 2.35. The highest BCUT2D eigenvalue weighted by molar-refractivity contribution is 7.92. The van der Waals surface area contributed by atoms with Gasteiger partial charge in [-0.05, 0) is 36.8 Å². The molecule has 0 saturated carbocycles. The van der Waals surface area contributed by atoms with Gasteiger partial charge >= 0.3 is 11.9 Å². The molecule has 0 aliphatic heterocycles. The van der Waals surface area contributed by atoms with Crippen molar-refractivity contribution < 1.29 is 26.0 Å². The van der Waals surface area contributed by atoms with Crippen LogP contribution in [0.3, 0.4) is 0 Å². The molecule has 1 heterocycles. The molecule has 144 valence electrons. The number of aryl methyl sites for hydroxylation is 2. The Balaban J connectivity index is 2.09. The van der Waals surface area contributed by atoms with Crippen molar-refractivity contribution in [3.63, 3.8) is 0 Å². The zero-order valence-corrected chi connectivity index (χ0v) is 15.5. The van der Waals surface area contributed by atoms with Gasteiger partial charge in [0.2, 0.25) is 0 Å². The number of aromatic nitrogens is 1. The van der Waals surface area contributed by atoms with Gasteiger partial charge in [-0.25, -0.2) is 13.2 Å². The molecule has 6 nitrogen and oxygen atoms in total. The zero-order chi connectivity index (χ0) is 20.1. The SMILES string of the molecule is Cc1cc2c(cc1S(=O)(=O)Nc1cc(C(F)(F)F)ccc1Cl)oc(=O)n2C. The molecule has 0 aliphatic carbocycles. The fraction of sp³-hybridized carbons (Fsp3) is 0.188. The number of oxazole rings is 1. The van der Waals surface area contributed by atoms with Crippen LogP contribution in [0, 0.1) is 6.92 Å². The van der Waals surface area contributed by atoms with E-state index in [9.17, 15) is 26.4 Å². The van der Waals surface area contributed by atoms with Crippen molar-refractivity contribution in [2.45, 2.75) is 18.0 Å². The van der Waals surface area contributed by atoms with Gasteiger partial charge in [0, 0.05) is 13.1 Å². The third-order valence-corrected chi connectivity index (χ3v) is 5.75. The van der Waals surface area contributed by atoms with Crippen molar-refractivity contribution in [1.82, 2.24) is 4.57 Å². The third-order valence-electron chi connectivity index (χ3n) is 3.92. The predicted molar refractivity (Wildman–Crippen MR) is 93.5 cm³/mol. The Hall–Kier alpha value is -2.46. The number of anilines is 1. The molecule has 0 bridgehead atoms. The number of nitrogens with zero attached hydrogens (tertiary/aromatic N) is 1. The largest absolute Gasteiger partial charge is 0.419 e. The number of sulfonamides is 1. The van der Waals surface area contributed by atoms with E-state index in [0.29, 0.717) is 11.6 Å². The molecule has 0 unspecified atom stereocenters. The van der Waals surface area contributed by atoms with E-state index in [4.69, 9.17) is 16.0 Å². The van der Waals surface area contributed by atoms with Crippen LogP contribution in [-0.4, -0.2) is 13.0 Å². The van der Waals surface area contributed by atoms with E-state index in [1.807, 2.05) is 0 Å². The molecule has 27 heavy (non-hydrogen) atoms. The topological polar surface area (TPSA) is 81.3 Å². The van der Waals surface area contributed by atoms with Crippen molar-refractivity contribution >= 4 is 38.4 Å². The minimum Gasteiger partial charge on any atom is -0.408 e. The lowest BCUT2D eigenvalue weighted by Gasteiger charge is -2.14. The van der Waals surface area contributed by atoms with Gasteiger partial charge in [-0.15, -0.1) is 0 Å². The maximum Gasteiger partial charge on any atom is 0.419 e. The van der Waals surface area contributed by atoms with Crippen LogP contribution >= 0.6 is 11.6 Å². The third kappa shape index (κ3) is 3.54. The number of nitrogens with one attached hydrogen (secondary N) is 1. The van der Waals surface area contributed by atoms with Crippen molar-refractivity contribution in [2.24, 2.45) is 7.05 Å². The Labute approximate surface area is 156 Å². The van der Waals surface area contributed by atoms with Gasteiger partial charge < -0.3 is 4.42 Å². The second-order valence-corrected chi connectivity index (χ2v) is 7.87. The molecule has 0 atom stereocenters. The van der Waals surface area contributed by atoms with Crippen LogP contribution in [0.4, 0.5) is 18.9 Å². The second kappa shape index (κ2) is 6.31. The van der Waals surface area contributed by atoms with Gasteiger partial charge in [0.1, 0.15) is 0 Å². The summed E-state index contributed by atoms with van der Waals surface area (Å²) >= 11 is 5.84. The first-order valence-electron chi connectivity index (χ1n) is 7.40. The van der Waals surface area contributed by atoms with E-state index in [1.165, 1.54) is 24.6 Å². The first kappa shape index (κ1) is 19.3. The fourth-order valence-corrected chi connectivity index (χ4v) is 4.06. The molecule has 0 spiro atoms. The molecular formula is C16H12ClF3N2O4S. The van der Waals surface area contributed by atoms with Crippen LogP contribution in [0.2, 0.25) is 5.02 Å². The first-order chi connectivity index (χ1) is 12.4. The van der Waals surface area contributed by atoms with Crippen LogP contribution < -0.4 is 10.5 Å². The van der Waals surface area contributed by atoms with Gasteiger partial charge in [0.05, 0.1) is 26.7 Å². The van der Waals surface area contributed by atoms with Crippen molar-refractivity contribution in [3.8, 4) is 0 Å². The standard InChI is InChI=1S/C16H12ClF3N2O4S/c1-8-5-12-13(26-15(23)22(12)2)7-14(8)27(24,25)21-11-6-9(16(18,19)20)3-4-10(11)17/h3-7,21H,1-2H3. The Morgan fingerprint density at radius 2 is 1.85 bits per heavy atom. The van der Waals surface area contributed by atoms with E-state index in [-0.39, 0.29) is 21.1 Å². The summed E-state index contributed by atoms with van der Waals surface area (Å²) in [6, 6.07) is 4.87. The van der Waals surface area contributed by atoms with Crippen LogP contribution in [-0.2, 0) is 23.2 Å². The summed E-state index contributed by atoms with van der Waals surface area (Å²) in [6.45, 7) is 1.49. The van der Waals surface area contributed by atoms with Crippen LogP contribution in [0.5, 0.6) is 0 Å². The van der Waals surface area contributed by atoms with Crippen molar-refractivity contribution in [3.05, 3.63) is 57.0 Å². The molecule has 0 amide bonds. The van der Waals surface area contributed by atoms with Gasteiger partial charge in [-0.1, -0.05) is 11.6 Å². The number of hydrogen-bond donors (Lipinski definition) is 1. The highest BCUT2D eigenvalue weighted by Gasteiger charge is 2.31. The van der Waals surface area contributed by atoms with Crippen molar-refractivity contribution in [1.29, 1.82) is 0 Å². The Morgan fingerprint density at radius 3 is 2.48 bits per heavy atom. The highest BCUT2D eigenvalue weighted by atomic mass is 35.5. The van der Waals surface area contributed by atoms with E-state index in [1.54, 1.807) is 0 Å². The van der Waals surface area contributed by atoms with Crippen LogP contribution in [0.15, 0.2) is 44.4 Å². The summed E-state index contributed by atoms with van der Waals surface area (Å²) < 4.78 is 72.2. The number of halogens is 4. The second-order valence-electron chi connectivity index (χ2n) is 5.81. The summed E-state index contributed by atoms with van der Waals surface area (Å²) in [4.78, 5) is 11.3. The minimum absolute atomic E-state index is 0.0311. The Bertz CT molecular complexity index is 1210. The molecule has 11 heteroatoms. The zero-order valence-electron chi connectivity index (χ0n) is 13.9. The Morgan fingerprint density at radius 1 is 1.19 bits per heavy atom. The van der Waals surface area contributed by atoms with Gasteiger partial charge in [0.25, 0.3) is 10.0 Å². The molecule has 0 aliphatic rings. The average Bonchev–Trinajstić information content (AvgIpc) is 2.82. The summed E-state index contributed by atoms with van der Waals surface area (Å²) in [5.41, 5.74) is -0.780. The van der Waals surface area contributed by atoms with E-state index >= 15 is 0 Å². The predicted octanol–water partition coefficient (Wildman–Crippen LogP) is 3.91. The molecular weight excluding hydrogens is 409 g/mol. The average molecular weight is 421 g/mol. The first-order valence-corrected chi connectivity index (χ1v) is 9.26. The monoisotopic (exact) mass is 420 g/mol. The number of fused-ring (bicyclic) bond motifs is 1. The summed E-state index contributed by atoms with van der Waals surface area (Å²) in [7, 11) is -2.84.